The highest BCUT2D eigenvalue weighted by atomic mass is 16.2. The van der Waals surface area contributed by atoms with Crippen molar-refractivity contribution in [2.45, 2.75) is 39.5 Å². The van der Waals surface area contributed by atoms with Crippen LogP contribution in [-0.2, 0) is 22.4 Å². The molecule has 1 saturated heterocycles. The van der Waals surface area contributed by atoms with Gasteiger partial charge in [0.1, 0.15) is 0 Å². The van der Waals surface area contributed by atoms with E-state index in [2.05, 4.69) is 36.5 Å². The van der Waals surface area contributed by atoms with Crippen LogP contribution < -0.4 is 5.32 Å². The van der Waals surface area contributed by atoms with Gasteiger partial charge in [-0.2, -0.15) is 0 Å². The second-order valence-electron chi connectivity index (χ2n) is 5.99. The topological polar surface area (TPSA) is 49.4 Å². The molecule has 1 aromatic rings. The van der Waals surface area contributed by atoms with Gasteiger partial charge in [-0.25, -0.2) is 0 Å². The zero-order valence-electron chi connectivity index (χ0n) is 13.6. The third-order valence-electron chi connectivity index (χ3n) is 4.46. The van der Waals surface area contributed by atoms with Gasteiger partial charge >= 0.3 is 0 Å². The Labute approximate surface area is 132 Å². The van der Waals surface area contributed by atoms with Crippen molar-refractivity contribution in [2.75, 3.05) is 19.6 Å². The largest absolute Gasteiger partial charge is 0.356 e. The quantitative estimate of drug-likeness (QED) is 0.906. The molecule has 0 spiro atoms. The maximum absolute atomic E-state index is 12.2. The van der Waals surface area contributed by atoms with E-state index in [0.717, 1.165) is 25.7 Å². The first-order valence-corrected chi connectivity index (χ1v) is 8.21. The zero-order valence-corrected chi connectivity index (χ0v) is 13.6. The van der Waals surface area contributed by atoms with E-state index in [0.29, 0.717) is 19.6 Å². The maximum Gasteiger partial charge on any atom is 0.223 e. The number of rotatable bonds is 5. The average molecular weight is 302 g/mol. The number of hydrogen-bond acceptors (Lipinski definition) is 2. The summed E-state index contributed by atoms with van der Waals surface area (Å²) in [5.74, 6) is 0.292. The van der Waals surface area contributed by atoms with Gasteiger partial charge in [-0.05, 0) is 36.8 Å². The molecular weight excluding hydrogens is 276 g/mol. The summed E-state index contributed by atoms with van der Waals surface area (Å²) in [5.41, 5.74) is 2.59. The van der Waals surface area contributed by atoms with Crippen LogP contribution in [0.25, 0.3) is 0 Å². The molecule has 1 fully saturated rings. The Morgan fingerprint density at radius 1 is 1.14 bits per heavy atom. The van der Waals surface area contributed by atoms with Crippen LogP contribution in [0.1, 0.15) is 37.8 Å². The van der Waals surface area contributed by atoms with Crippen molar-refractivity contribution >= 4 is 11.8 Å². The predicted octanol–water partition coefficient (Wildman–Crippen LogP) is 2.17. The Bertz CT molecular complexity index is 502. The van der Waals surface area contributed by atoms with Crippen molar-refractivity contribution in [2.24, 2.45) is 5.92 Å². The van der Waals surface area contributed by atoms with Crippen LogP contribution in [0.4, 0.5) is 0 Å². The Kier molecular flexibility index (Phi) is 5.99. The molecule has 1 aliphatic heterocycles. The van der Waals surface area contributed by atoms with E-state index >= 15 is 0 Å². The minimum atomic E-state index is 0.0538. The summed E-state index contributed by atoms with van der Waals surface area (Å²) in [6.45, 7) is 5.81. The molecule has 0 saturated carbocycles. The first-order chi connectivity index (χ1) is 10.6. The molecule has 1 aliphatic rings. The molecule has 1 N–H and O–H groups in total. The first kappa shape index (κ1) is 16.5. The molecular formula is C18H26N2O2. The molecule has 2 amide bonds. The van der Waals surface area contributed by atoms with Crippen molar-refractivity contribution in [3.63, 3.8) is 0 Å². The normalized spacial score (nSPS) is 15.6. The summed E-state index contributed by atoms with van der Waals surface area (Å²) in [7, 11) is 0. The standard InChI is InChI=1S/C18H26N2O2/c1-3-15-4-6-16(7-5-15)8-11-19-18(22)17-9-12-20(13-10-17)14(2)21/h4-7,17H,3,8-13H2,1-2H3,(H,19,22). The molecule has 4 nitrogen and oxygen atoms in total. The third-order valence-corrected chi connectivity index (χ3v) is 4.46. The highest BCUT2D eigenvalue weighted by Crippen LogP contribution is 2.17. The van der Waals surface area contributed by atoms with Crippen molar-refractivity contribution in [3.8, 4) is 0 Å². The number of benzene rings is 1. The molecule has 22 heavy (non-hydrogen) atoms. The smallest absolute Gasteiger partial charge is 0.223 e. The summed E-state index contributed by atoms with van der Waals surface area (Å²) >= 11 is 0. The Morgan fingerprint density at radius 2 is 1.73 bits per heavy atom. The lowest BCUT2D eigenvalue weighted by molar-refractivity contribution is -0.133. The summed E-state index contributed by atoms with van der Waals surface area (Å²) in [4.78, 5) is 25.2. The molecule has 1 aromatic carbocycles. The summed E-state index contributed by atoms with van der Waals surface area (Å²) in [6.07, 6.45) is 3.46. The van der Waals surface area contributed by atoms with Crippen molar-refractivity contribution in [3.05, 3.63) is 35.4 Å². The van der Waals surface area contributed by atoms with Crippen molar-refractivity contribution in [1.82, 2.24) is 10.2 Å². The summed E-state index contributed by atoms with van der Waals surface area (Å²) < 4.78 is 0. The van der Waals surface area contributed by atoms with Crippen molar-refractivity contribution in [1.29, 1.82) is 0 Å². The Hall–Kier alpha value is -1.84. The van der Waals surface area contributed by atoms with Gasteiger partial charge in [0.05, 0.1) is 0 Å². The number of amides is 2. The Morgan fingerprint density at radius 3 is 2.27 bits per heavy atom. The van der Waals surface area contributed by atoms with Gasteiger partial charge < -0.3 is 10.2 Å². The molecule has 0 unspecified atom stereocenters. The fourth-order valence-electron chi connectivity index (χ4n) is 2.87. The average Bonchev–Trinajstić information content (AvgIpc) is 2.55. The second-order valence-corrected chi connectivity index (χ2v) is 5.99. The lowest BCUT2D eigenvalue weighted by Crippen LogP contribution is -2.42. The zero-order chi connectivity index (χ0) is 15.9. The van der Waals surface area contributed by atoms with Crippen molar-refractivity contribution < 1.29 is 9.59 Å². The van der Waals surface area contributed by atoms with E-state index in [-0.39, 0.29) is 17.7 Å². The SMILES string of the molecule is CCc1ccc(CCNC(=O)C2CCN(C(C)=O)CC2)cc1. The Balaban J connectivity index is 1.70. The van der Waals surface area contributed by atoms with E-state index < -0.39 is 0 Å². The van der Waals surface area contributed by atoms with E-state index in [1.54, 1.807) is 6.92 Å². The number of carbonyl (C=O) groups is 2. The summed E-state index contributed by atoms with van der Waals surface area (Å²) in [5, 5.41) is 3.03. The van der Waals surface area contributed by atoms with Gasteiger partial charge in [0.15, 0.2) is 0 Å². The van der Waals surface area contributed by atoms with Gasteiger partial charge in [0.25, 0.3) is 0 Å². The number of likely N-dealkylation sites (tertiary alicyclic amines) is 1. The van der Waals surface area contributed by atoms with E-state index in [1.807, 2.05) is 4.90 Å². The lowest BCUT2D eigenvalue weighted by Gasteiger charge is -2.30. The second kappa shape index (κ2) is 7.97. The molecule has 0 aromatic heterocycles. The third kappa shape index (κ3) is 4.58. The van der Waals surface area contributed by atoms with Gasteiger partial charge in [0.2, 0.25) is 11.8 Å². The fraction of sp³-hybridized carbons (Fsp3) is 0.556. The van der Waals surface area contributed by atoms with Crippen LogP contribution in [0.15, 0.2) is 24.3 Å². The van der Waals surface area contributed by atoms with Gasteiger partial charge in [-0.1, -0.05) is 31.2 Å². The summed E-state index contributed by atoms with van der Waals surface area (Å²) in [6, 6.07) is 8.57. The van der Waals surface area contributed by atoms with Crippen LogP contribution in [-0.4, -0.2) is 36.3 Å². The van der Waals surface area contributed by atoms with E-state index in [1.165, 1.54) is 11.1 Å². The maximum atomic E-state index is 12.2. The molecule has 0 radical (unpaired) electrons. The number of aryl methyl sites for hydroxylation is 1. The molecule has 4 heteroatoms. The molecule has 0 aliphatic carbocycles. The highest BCUT2D eigenvalue weighted by Gasteiger charge is 2.25. The molecule has 2 rings (SSSR count). The minimum Gasteiger partial charge on any atom is -0.356 e. The highest BCUT2D eigenvalue weighted by molar-refractivity contribution is 5.79. The molecule has 120 valence electrons. The predicted molar refractivity (Wildman–Crippen MR) is 87.5 cm³/mol. The number of carbonyl (C=O) groups excluding carboxylic acids is 2. The minimum absolute atomic E-state index is 0.0538. The van der Waals surface area contributed by atoms with Crippen LogP contribution in [0.3, 0.4) is 0 Å². The molecule has 0 atom stereocenters. The number of hydrogen-bond donors (Lipinski definition) is 1. The van der Waals surface area contributed by atoms with Gasteiger partial charge in [-0.15, -0.1) is 0 Å². The van der Waals surface area contributed by atoms with Gasteiger partial charge in [0, 0.05) is 32.5 Å². The van der Waals surface area contributed by atoms with Gasteiger partial charge in [-0.3, -0.25) is 9.59 Å². The monoisotopic (exact) mass is 302 g/mol. The van der Waals surface area contributed by atoms with Crippen LogP contribution >= 0.6 is 0 Å². The van der Waals surface area contributed by atoms with E-state index in [4.69, 9.17) is 0 Å². The van der Waals surface area contributed by atoms with Crippen LogP contribution in [0.2, 0.25) is 0 Å². The van der Waals surface area contributed by atoms with E-state index in [9.17, 15) is 9.59 Å². The number of nitrogens with one attached hydrogen (secondary N) is 1. The number of piperidine rings is 1. The lowest BCUT2D eigenvalue weighted by atomic mass is 9.96. The molecule has 0 bridgehead atoms. The fourth-order valence-corrected chi connectivity index (χ4v) is 2.87. The van der Waals surface area contributed by atoms with Crippen LogP contribution in [0.5, 0.6) is 0 Å². The van der Waals surface area contributed by atoms with Crippen LogP contribution in [0, 0.1) is 5.92 Å². The molecule has 1 heterocycles. The first-order valence-electron chi connectivity index (χ1n) is 8.21. The number of nitrogens with zero attached hydrogens (tertiary/aromatic N) is 1.